The van der Waals surface area contributed by atoms with Crippen molar-refractivity contribution in [2.45, 2.75) is 13.5 Å². The van der Waals surface area contributed by atoms with E-state index in [9.17, 15) is 14.0 Å². The van der Waals surface area contributed by atoms with Crippen molar-refractivity contribution in [3.05, 3.63) is 89.4 Å². The average Bonchev–Trinajstić information content (AvgIpc) is 2.77. The molecule has 0 atom stereocenters. The van der Waals surface area contributed by atoms with E-state index in [1.165, 1.54) is 19.2 Å². The van der Waals surface area contributed by atoms with Crippen molar-refractivity contribution in [3.63, 3.8) is 0 Å². The summed E-state index contributed by atoms with van der Waals surface area (Å²) in [5.41, 5.74) is 9.34. The summed E-state index contributed by atoms with van der Waals surface area (Å²) in [4.78, 5) is 28.8. The molecule has 0 spiro atoms. The molecule has 0 aliphatic carbocycles. The summed E-state index contributed by atoms with van der Waals surface area (Å²) >= 11 is 0. The van der Waals surface area contributed by atoms with Crippen LogP contribution in [0.25, 0.3) is 16.8 Å². The van der Waals surface area contributed by atoms with Crippen molar-refractivity contribution in [1.82, 2.24) is 10.3 Å². The number of pyridine rings is 1. The van der Waals surface area contributed by atoms with E-state index in [1.807, 2.05) is 6.92 Å². The number of nitrogens with two attached hydrogens (primary N) is 1. The number of rotatable bonds is 7. The zero-order valence-electron chi connectivity index (χ0n) is 17.2. The summed E-state index contributed by atoms with van der Waals surface area (Å²) in [7, 11) is 1.42. The van der Waals surface area contributed by atoms with Crippen LogP contribution in [0.5, 0.6) is 5.75 Å². The summed E-state index contributed by atoms with van der Waals surface area (Å²) in [6, 6.07) is 14.3. The van der Waals surface area contributed by atoms with Crippen molar-refractivity contribution < 1.29 is 18.7 Å². The van der Waals surface area contributed by atoms with Gasteiger partial charge < -0.3 is 15.8 Å². The second-order valence-electron chi connectivity index (χ2n) is 6.96. The lowest BCUT2D eigenvalue weighted by molar-refractivity contribution is 0.0946. The zero-order valence-corrected chi connectivity index (χ0v) is 17.2. The molecule has 3 aromatic rings. The van der Waals surface area contributed by atoms with Gasteiger partial charge in [-0.3, -0.25) is 9.59 Å². The van der Waals surface area contributed by atoms with Crippen molar-refractivity contribution in [3.8, 4) is 17.0 Å². The van der Waals surface area contributed by atoms with E-state index >= 15 is 0 Å². The van der Waals surface area contributed by atoms with Crippen LogP contribution >= 0.6 is 0 Å². The third kappa shape index (κ3) is 4.95. The van der Waals surface area contributed by atoms with Crippen LogP contribution in [0.15, 0.2) is 61.2 Å². The number of benzene rings is 2. The van der Waals surface area contributed by atoms with Crippen LogP contribution in [-0.4, -0.2) is 23.9 Å². The fourth-order valence-electron chi connectivity index (χ4n) is 3.03. The van der Waals surface area contributed by atoms with Gasteiger partial charge in [-0.05, 0) is 48.4 Å². The summed E-state index contributed by atoms with van der Waals surface area (Å²) in [5, 5.41) is 2.74. The van der Waals surface area contributed by atoms with Crippen LogP contribution in [0.2, 0.25) is 0 Å². The molecule has 3 N–H and O–H groups in total. The minimum atomic E-state index is -0.573. The molecule has 2 amide bonds. The highest BCUT2D eigenvalue weighted by atomic mass is 19.1. The van der Waals surface area contributed by atoms with Crippen molar-refractivity contribution in [1.29, 1.82) is 0 Å². The predicted molar refractivity (Wildman–Crippen MR) is 117 cm³/mol. The Morgan fingerprint density at radius 3 is 2.42 bits per heavy atom. The molecule has 0 saturated heterocycles. The molecule has 0 radical (unpaired) electrons. The topological polar surface area (TPSA) is 94.3 Å². The highest BCUT2D eigenvalue weighted by Gasteiger charge is 2.15. The quantitative estimate of drug-likeness (QED) is 0.606. The first-order valence-corrected chi connectivity index (χ1v) is 9.48. The number of nitrogens with one attached hydrogen (secondary N) is 1. The van der Waals surface area contributed by atoms with Gasteiger partial charge in [0.15, 0.2) is 0 Å². The first-order valence-electron chi connectivity index (χ1n) is 9.48. The standard InChI is InChI=1S/C24H22FN3O3/c1-14(2)20-10-9-18(23(26)29)22(28-20)16-6-4-15(5-7-16)13-27-24(30)19-12-17(25)8-11-21(19)31-3/h4-12H,1,13H2,2-3H3,(H2,26,29)(H,27,30). The molecule has 0 bridgehead atoms. The molecular weight excluding hydrogens is 397 g/mol. The van der Waals surface area contributed by atoms with Crippen LogP contribution in [0, 0.1) is 5.82 Å². The molecule has 2 aromatic carbocycles. The van der Waals surface area contributed by atoms with Crippen LogP contribution in [0.4, 0.5) is 4.39 Å². The molecule has 1 heterocycles. The summed E-state index contributed by atoms with van der Waals surface area (Å²) < 4.78 is 18.6. The first kappa shape index (κ1) is 21.7. The Bertz CT molecular complexity index is 1160. The molecular formula is C24H22FN3O3. The van der Waals surface area contributed by atoms with Gasteiger partial charge in [0, 0.05) is 12.1 Å². The van der Waals surface area contributed by atoms with Gasteiger partial charge in [0.1, 0.15) is 11.6 Å². The number of halogens is 1. The Morgan fingerprint density at radius 1 is 1.10 bits per heavy atom. The minimum absolute atomic E-state index is 0.117. The molecule has 1 aromatic heterocycles. The highest BCUT2D eigenvalue weighted by molar-refractivity contribution is 5.99. The number of methoxy groups -OCH3 is 1. The maximum atomic E-state index is 13.5. The number of carbonyl (C=O) groups excluding carboxylic acids is 2. The second kappa shape index (κ2) is 9.21. The lowest BCUT2D eigenvalue weighted by atomic mass is 10.0. The third-order valence-corrected chi connectivity index (χ3v) is 4.68. The van der Waals surface area contributed by atoms with E-state index in [1.54, 1.807) is 36.4 Å². The number of ether oxygens (including phenoxy) is 1. The molecule has 7 heteroatoms. The molecule has 158 valence electrons. The zero-order chi connectivity index (χ0) is 22.5. The van der Waals surface area contributed by atoms with Crippen LogP contribution in [-0.2, 0) is 6.54 Å². The Morgan fingerprint density at radius 2 is 1.81 bits per heavy atom. The van der Waals surface area contributed by atoms with E-state index in [0.29, 0.717) is 22.5 Å². The fraction of sp³-hybridized carbons (Fsp3) is 0.125. The molecule has 6 nitrogen and oxygen atoms in total. The number of hydrogen-bond donors (Lipinski definition) is 2. The molecule has 3 rings (SSSR count). The Kier molecular flexibility index (Phi) is 6.45. The second-order valence-corrected chi connectivity index (χ2v) is 6.96. The third-order valence-electron chi connectivity index (χ3n) is 4.68. The van der Waals surface area contributed by atoms with Gasteiger partial charge in [-0.15, -0.1) is 0 Å². The SMILES string of the molecule is C=C(C)c1ccc(C(N)=O)c(-c2ccc(CNC(=O)c3cc(F)ccc3OC)cc2)n1. The number of carbonyl (C=O) groups is 2. The van der Waals surface area contributed by atoms with Gasteiger partial charge in [0.2, 0.25) is 0 Å². The average molecular weight is 419 g/mol. The van der Waals surface area contributed by atoms with Gasteiger partial charge in [0.05, 0.1) is 29.6 Å². The maximum absolute atomic E-state index is 13.5. The summed E-state index contributed by atoms with van der Waals surface area (Å²) in [6.07, 6.45) is 0. The first-order chi connectivity index (χ1) is 14.8. The lowest BCUT2D eigenvalue weighted by Gasteiger charge is -2.11. The van der Waals surface area contributed by atoms with Crippen molar-refractivity contribution in [2.75, 3.05) is 7.11 Å². The molecule has 0 unspecified atom stereocenters. The van der Waals surface area contributed by atoms with Crippen LogP contribution < -0.4 is 15.8 Å². The van der Waals surface area contributed by atoms with Gasteiger partial charge >= 0.3 is 0 Å². The van der Waals surface area contributed by atoms with E-state index in [4.69, 9.17) is 10.5 Å². The molecule has 0 aliphatic heterocycles. The van der Waals surface area contributed by atoms with Gasteiger partial charge in [-0.2, -0.15) is 0 Å². The molecule has 0 aliphatic rings. The Balaban J connectivity index is 1.79. The number of amides is 2. The largest absolute Gasteiger partial charge is 0.496 e. The van der Waals surface area contributed by atoms with Crippen molar-refractivity contribution >= 4 is 17.4 Å². The number of nitrogens with zero attached hydrogens (tertiary/aromatic N) is 1. The van der Waals surface area contributed by atoms with Crippen LogP contribution in [0.1, 0.15) is 38.9 Å². The van der Waals surface area contributed by atoms with Crippen LogP contribution in [0.3, 0.4) is 0 Å². The van der Waals surface area contributed by atoms with Gasteiger partial charge in [-0.25, -0.2) is 9.37 Å². The normalized spacial score (nSPS) is 10.4. The number of hydrogen-bond acceptors (Lipinski definition) is 4. The smallest absolute Gasteiger partial charge is 0.255 e. The van der Waals surface area contributed by atoms with Crippen molar-refractivity contribution in [2.24, 2.45) is 5.73 Å². The molecule has 31 heavy (non-hydrogen) atoms. The predicted octanol–water partition coefficient (Wildman–Crippen LogP) is 3.96. The highest BCUT2D eigenvalue weighted by Crippen LogP contribution is 2.25. The van der Waals surface area contributed by atoms with Gasteiger partial charge in [-0.1, -0.05) is 30.8 Å². The van der Waals surface area contributed by atoms with E-state index in [2.05, 4.69) is 16.9 Å². The Hall–Kier alpha value is -4.00. The summed E-state index contributed by atoms with van der Waals surface area (Å²) in [5.74, 6) is -1.26. The fourth-order valence-corrected chi connectivity index (χ4v) is 3.03. The number of primary amides is 1. The Labute approximate surface area is 179 Å². The number of allylic oxidation sites excluding steroid dienone is 1. The maximum Gasteiger partial charge on any atom is 0.255 e. The van der Waals surface area contributed by atoms with Gasteiger partial charge in [0.25, 0.3) is 11.8 Å². The van der Waals surface area contributed by atoms with E-state index < -0.39 is 17.6 Å². The number of aromatic nitrogens is 1. The summed E-state index contributed by atoms with van der Waals surface area (Å²) in [6.45, 7) is 5.93. The monoisotopic (exact) mass is 419 g/mol. The van der Waals surface area contributed by atoms with E-state index in [-0.39, 0.29) is 17.9 Å². The molecule has 0 saturated carbocycles. The van der Waals surface area contributed by atoms with E-state index in [0.717, 1.165) is 17.2 Å². The minimum Gasteiger partial charge on any atom is -0.496 e. The lowest BCUT2D eigenvalue weighted by Crippen LogP contribution is -2.23. The molecule has 0 fully saturated rings.